The Morgan fingerprint density at radius 2 is 2.05 bits per heavy atom. The van der Waals surface area contributed by atoms with Crippen molar-refractivity contribution in [3.05, 3.63) is 50.8 Å². The van der Waals surface area contributed by atoms with Crippen LogP contribution in [0.25, 0.3) is 0 Å². The van der Waals surface area contributed by atoms with E-state index in [0.717, 1.165) is 5.69 Å². The van der Waals surface area contributed by atoms with E-state index in [1.54, 1.807) is 4.57 Å². The molecule has 0 bridgehead atoms. The molecule has 1 aromatic carbocycles. The Morgan fingerprint density at radius 3 is 2.64 bits per heavy atom. The Morgan fingerprint density at radius 1 is 1.36 bits per heavy atom. The van der Waals surface area contributed by atoms with Gasteiger partial charge >= 0.3 is 4.87 Å². The van der Waals surface area contributed by atoms with Crippen molar-refractivity contribution in [1.29, 1.82) is 0 Å². The number of hydrogen-bond acceptors (Lipinski definition) is 4. The van der Waals surface area contributed by atoms with Gasteiger partial charge in [0.25, 0.3) is 0 Å². The van der Waals surface area contributed by atoms with Gasteiger partial charge in [-0.25, -0.2) is 4.39 Å². The summed E-state index contributed by atoms with van der Waals surface area (Å²) in [7, 11) is 1.82. The van der Waals surface area contributed by atoms with Crippen LogP contribution in [0.15, 0.2) is 34.4 Å². The third kappa shape index (κ3) is 4.51. The molecule has 0 unspecified atom stereocenters. The van der Waals surface area contributed by atoms with Crippen LogP contribution < -0.4 is 10.2 Å². The molecule has 0 saturated heterocycles. The average Bonchev–Trinajstić information content (AvgIpc) is 2.78. The Balaban J connectivity index is 1.81. The number of rotatable bonds is 6. The quantitative estimate of drug-likeness (QED) is 0.884. The molecule has 118 valence electrons. The first-order valence-corrected chi connectivity index (χ1v) is 7.72. The van der Waals surface area contributed by atoms with Crippen molar-refractivity contribution in [1.82, 2.24) is 9.47 Å². The minimum absolute atomic E-state index is 0.0154. The van der Waals surface area contributed by atoms with E-state index >= 15 is 0 Å². The third-order valence-electron chi connectivity index (χ3n) is 3.22. The van der Waals surface area contributed by atoms with E-state index in [2.05, 4.69) is 5.32 Å². The van der Waals surface area contributed by atoms with Crippen molar-refractivity contribution in [3.63, 3.8) is 0 Å². The molecule has 0 fully saturated rings. The van der Waals surface area contributed by atoms with Crippen LogP contribution in [0, 0.1) is 12.7 Å². The molecule has 0 spiro atoms. The van der Waals surface area contributed by atoms with Gasteiger partial charge < -0.3 is 9.88 Å². The number of thiazole rings is 1. The predicted octanol–water partition coefficient (Wildman–Crippen LogP) is 1.93. The van der Waals surface area contributed by atoms with Gasteiger partial charge in [0.1, 0.15) is 5.82 Å². The predicted molar refractivity (Wildman–Crippen MR) is 85.8 cm³/mol. The van der Waals surface area contributed by atoms with Crippen molar-refractivity contribution in [2.45, 2.75) is 13.5 Å². The molecule has 1 N–H and O–H groups in total. The molecule has 1 heterocycles. The number of nitrogens with one attached hydrogen (secondary N) is 1. The van der Waals surface area contributed by atoms with Gasteiger partial charge in [0.15, 0.2) is 0 Å². The normalized spacial score (nSPS) is 10.9. The van der Waals surface area contributed by atoms with E-state index < -0.39 is 0 Å². The van der Waals surface area contributed by atoms with E-state index in [1.165, 1.54) is 35.6 Å². The Bertz CT molecular complexity index is 694. The fourth-order valence-electron chi connectivity index (χ4n) is 2.00. The van der Waals surface area contributed by atoms with E-state index in [-0.39, 0.29) is 23.1 Å². The molecule has 0 atom stereocenters. The van der Waals surface area contributed by atoms with E-state index in [4.69, 9.17) is 0 Å². The fraction of sp³-hybridized carbons (Fsp3) is 0.333. The summed E-state index contributed by atoms with van der Waals surface area (Å²) >= 11 is 1.18. The van der Waals surface area contributed by atoms with Crippen LogP contribution in [-0.4, -0.2) is 35.5 Å². The van der Waals surface area contributed by atoms with Crippen molar-refractivity contribution in [2.75, 3.05) is 25.5 Å². The standard InChI is InChI=1S/C15H18FN3O2S/c1-11-10-22-15(21)19(11)8-7-18(2)9-14(20)17-13-5-3-12(16)4-6-13/h3-6,10H,7-9H2,1-2H3,(H,17,20). The summed E-state index contributed by atoms with van der Waals surface area (Å²) in [6, 6.07) is 5.62. The van der Waals surface area contributed by atoms with E-state index in [9.17, 15) is 14.0 Å². The molecule has 2 aromatic rings. The van der Waals surface area contributed by atoms with Crippen molar-refractivity contribution >= 4 is 22.9 Å². The number of carbonyl (C=O) groups is 1. The van der Waals surface area contributed by atoms with E-state index in [0.29, 0.717) is 18.8 Å². The van der Waals surface area contributed by atoms with Crippen molar-refractivity contribution < 1.29 is 9.18 Å². The number of amides is 1. The van der Waals surface area contributed by atoms with Crippen LogP contribution in [0.5, 0.6) is 0 Å². The highest BCUT2D eigenvalue weighted by molar-refractivity contribution is 7.07. The second-order valence-corrected chi connectivity index (χ2v) is 5.91. The van der Waals surface area contributed by atoms with Crippen LogP contribution in [0.2, 0.25) is 0 Å². The maximum absolute atomic E-state index is 12.8. The smallest absolute Gasteiger partial charge is 0.307 e. The number of aromatic nitrogens is 1. The zero-order valence-electron chi connectivity index (χ0n) is 12.5. The number of hydrogen-bond donors (Lipinski definition) is 1. The molecule has 1 amide bonds. The van der Waals surface area contributed by atoms with Gasteiger partial charge in [0, 0.05) is 29.9 Å². The Kier molecular flexibility index (Phi) is 5.46. The molecule has 0 radical (unpaired) electrons. The largest absolute Gasteiger partial charge is 0.325 e. The zero-order valence-corrected chi connectivity index (χ0v) is 13.3. The maximum atomic E-state index is 12.8. The molecule has 0 aliphatic carbocycles. The molecule has 0 aliphatic rings. The number of anilines is 1. The summed E-state index contributed by atoms with van der Waals surface area (Å²) in [6.45, 7) is 3.23. The molecular formula is C15H18FN3O2S. The lowest BCUT2D eigenvalue weighted by atomic mass is 10.3. The Hall–Kier alpha value is -1.99. The minimum atomic E-state index is -0.341. The summed E-state index contributed by atoms with van der Waals surface area (Å²) in [5.74, 6) is -0.518. The SMILES string of the molecule is Cc1csc(=O)n1CCN(C)CC(=O)Nc1ccc(F)cc1. The highest BCUT2D eigenvalue weighted by Crippen LogP contribution is 2.08. The molecule has 1 aromatic heterocycles. The molecule has 0 aliphatic heterocycles. The van der Waals surface area contributed by atoms with Gasteiger partial charge in [-0.15, -0.1) is 0 Å². The molecule has 22 heavy (non-hydrogen) atoms. The number of aryl methyl sites for hydroxylation is 1. The number of likely N-dealkylation sites (N-methyl/N-ethyl adjacent to an activating group) is 1. The van der Waals surface area contributed by atoms with Crippen LogP contribution >= 0.6 is 11.3 Å². The first-order valence-electron chi connectivity index (χ1n) is 6.84. The van der Waals surface area contributed by atoms with E-state index in [1.807, 2.05) is 24.3 Å². The number of benzene rings is 1. The maximum Gasteiger partial charge on any atom is 0.307 e. The fourth-order valence-corrected chi connectivity index (χ4v) is 2.76. The minimum Gasteiger partial charge on any atom is -0.325 e. The number of nitrogens with zero attached hydrogens (tertiary/aromatic N) is 2. The first-order chi connectivity index (χ1) is 10.5. The van der Waals surface area contributed by atoms with Crippen LogP contribution in [0.3, 0.4) is 0 Å². The lowest BCUT2D eigenvalue weighted by Crippen LogP contribution is -2.33. The van der Waals surface area contributed by atoms with Crippen LogP contribution in [0.1, 0.15) is 5.69 Å². The van der Waals surface area contributed by atoms with Gasteiger partial charge in [-0.3, -0.25) is 14.5 Å². The molecule has 0 saturated carbocycles. The third-order valence-corrected chi connectivity index (χ3v) is 4.10. The summed E-state index contributed by atoms with van der Waals surface area (Å²) in [5, 5.41) is 4.53. The van der Waals surface area contributed by atoms with Crippen molar-refractivity contribution in [2.24, 2.45) is 0 Å². The van der Waals surface area contributed by atoms with Crippen LogP contribution in [-0.2, 0) is 11.3 Å². The lowest BCUT2D eigenvalue weighted by Gasteiger charge is -2.16. The van der Waals surface area contributed by atoms with Crippen molar-refractivity contribution in [3.8, 4) is 0 Å². The van der Waals surface area contributed by atoms with Gasteiger partial charge in [-0.1, -0.05) is 11.3 Å². The molecular weight excluding hydrogens is 305 g/mol. The number of halogens is 1. The van der Waals surface area contributed by atoms with Crippen LogP contribution in [0.4, 0.5) is 10.1 Å². The monoisotopic (exact) mass is 323 g/mol. The molecule has 2 rings (SSSR count). The summed E-state index contributed by atoms with van der Waals surface area (Å²) < 4.78 is 14.5. The lowest BCUT2D eigenvalue weighted by molar-refractivity contribution is -0.117. The topological polar surface area (TPSA) is 54.3 Å². The molecule has 5 nitrogen and oxygen atoms in total. The van der Waals surface area contributed by atoms with Gasteiger partial charge in [-0.05, 0) is 38.2 Å². The first kappa shape index (κ1) is 16.4. The van der Waals surface area contributed by atoms with Gasteiger partial charge in [0.05, 0.1) is 6.54 Å². The number of carbonyl (C=O) groups excluding carboxylic acids is 1. The second-order valence-electron chi connectivity index (χ2n) is 5.09. The Labute approximate surface area is 132 Å². The zero-order chi connectivity index (χ0) is 16.1. The summed E-state index contributed by atoms with van der Waals surface area (Å²) in [4.78, 5) is 25.3. The average molecular weight is 323 g/mol. The summed E-state index contributed by atoms with van der Waals surface area (Å²) in [6.07, 6.45) is 0. The highest BCUT2D eigenvalue weighted by atomic mass is 32.1. The molecule has 7 heteroatoms. The second kappa shape index (κ2) is 7.33. The highest BCUT2D eigenvalue weighted by Gasteiger charge is 2.09. The van der Waals surface area contributed by atoms with Gasteiger partial charge in [0.2, 0.25) is 5.91 Å². The summed E-state index contributed by atoms with van der Waals surface area (Å²) in [5.41, 5.74) is 1.49. The van der Waals surface area contributed by atoms with Gasteiger partial charge in [-0.2, -0.15) is 0 Å².